The van der Waals surface area contributed by atoms with Crippen LogP contribution < -0.4 is 0 Å². The van der Waals surface area contributed by atoms with E-state index in [1.807, 2.05) is 0 Å². The molecule has 1 amide bonds. The molecule has 2 aliphatic rings. The first kappa shape index (κ1) is 20.3. The fraction of sp³-hybridized carbons (Fsp3) is 0.688. The van der Waals surface area contributed by atoms with Crippen molar-refractivity contribution >= 4 is 45.5 Å². The summed E-state index contributed by atoms with van der Waals surface area (Å²) >= 11 is 4.73. The van der Waals surface area contributed by atoms with Gasteiger partial charge in [0.1, 0.15) is 23.3 Å². The molecule has 1 saturated heterocycles. The van der Waals surface area contributed by atoms with E-state index < -0.39 is 39.2 Å². The Labute approximate surface area is 159 Å². The molecule has 2 rings (SSSR count). The quantitative estimate of drug-likeness (QED) is 0.406. The van der Waals surface area contributed by atoms with Crippen molar-refractivity contribution in [3.05, 3.63) is 11.3 Å². The minimum absolute atomic E-state index is 0.0859. The highest BCUT2D eigenvalue weighted by Crippen LogP contribution is 2.52. The summed E-state index contributed by atoms with van der Waals surface area (Å²) in [5, 5.41) is 9.54. The molecule has 7 nitrogen and oxygen atoms in total. The van der Waals surface area contributed by atoms with E-state index in [9.17, 15) is 19.5 Å². The molecular formula is C16H22BrNO6S. The Hall–Kier alpha value is -1.06. The van der Waals surface area contributed by atoms with Crippen molar-refractivity contribution in [2.24, 2.45) is 0 Å². The van der Waals surface area contributed by atoms with E-state index in [0.717, 1.165) is 0 Å². The Bertz CT molecular complexity index is 641. The summed E-state index contributed by atoms with van der Waals surface area (Å²) in [6.07, 6.45) is -0.927. The van der Waals surface area contributed by atoms with Crippen LogP contribution in [0.4, 0.5) is 0 Å². The molecule has 0 aromatic rings. The number of thioether (sulfide) groups is 1. The first-order valence-electron chi connectivity index (χ1n) is 7.80. The summed E-state index contributed by atoms with van der Waals surface area (Å²) in [6, 6.07) is 0. The van der Waals surface area contributed by atoms with Crippen LogP contribution in [0.2, 0.25) is 0 Å². The molecule has 2 aliphatic heterocycles. The van der Waals surface area contributed by atoms with Gasteiger partial charge in [-0.15, -0.1) is 11.8 Å². The molecule has 25 heavy (non-hydrogen) atoms. The Morgan fingerprint density at radius 3 is 2.56 bits per heavy atom. The van der Waals surface area contributed by atoms with Gasteiger partial charge in [-0.05, 0) is 27.7 Å². The molecule has 0 bridgehead atoms. The number of nitrogens with zero attached hydrogens (tertiary/aromatic N) is 1. The number of hydrogen-bond acceptors (Lipinski definition) is 7. The van der Waals surface area contributed by atoms with E-state index in [-0.39, 0.29) is 12.3 Å². The lowest BCUT2D eigenvalue weighted by Gasteiger charge is -2.56. The SMILES string of the molecule is CC(=O)OCC1=C(C(=O)OC(C)(C)C)N2C(=O)C(Br)(C(C)O)[C@H]2SC1. The largest absolute Gasteiger partial charge is 0.461 e. The second-order valence-corrected chi connectivity index (χ2v) is 9.40. The zero-order chi connectivity index (χ0) is 19.2. The third-order valence-electron chi connectivity index (χ3n) is 3.78. The van der Waals surface area contributed by atoms with Crippen molar-refractivity contribution in [2.45, 2.75) is 56.0 Å². The van der Waals surface area contributed by atoms with Crippen LogP contribution in [0, 0.1) is 0 Å². The number of ether oxygens (including phenoxy) is 2. The van der Waals surface area contributed by atoms with Crippen LogP contribution in [0.15, 0.2) is 11.3 Å². The van der Waals surface area contributed by atoms with E-state index in [1.54, 1.807) is 20.8 Å². The van der Waals surface area contributed by atoms with Crippen molar-refractivity contribution in [2.75, 3.05) is 12.4 Å². The lowest BCUT2D eigenvalue weighted by molar-refractivity contribution is -0.161. The van der Waals surface area contributed by atoms with Crippen LogP contribution in [0.25, 0.3) is 0 Å². The predicted octanol–water partition coefficient (Wildman–Crippen LogP) is 1.57. The lowest BCUT2D eigenvalue weighted by atomic mass is 9.90. The number of alkyl halides is 1. The fourth-order valence-electron chi connectivity index (χ4n) is 2.60. The third kappa shape index (κ3) is 3.73. The standard InChI is InChI=1S/C16H22BrNO6S/c1-8(19)16(17)13(22)18-11(12(21)24-15(3,4)5)10(6-23-9(2)20)7-25-14(16)18/h8,14,19H,6-7H2,1-5H3/t8?,14-,16?/m1/s1. The van der Waals surface area contributed by atoms with Crippen LogP contribution >= 0.6 is 27.7 Å². The van der Waals surface area contributed by atoms with Crippen LogP contribution in [0.1, 0.15) is 34.6 Å². The second-order valence-electron chi connectivity index (χ2n) is 7.02. The summed E-state index contributed by atoms with van der Waals surface area (Å²) < 4.78 is 9.30. The molecule has 1 fully saturated rings. The zero-order valence-corrected chi connectivity index (χ0v) is 17.2. The van der Waals surface area contributed by atoms with Gasteiger partial charge in [-0.25, -0.2) is 4.79 Å². The molecule has 3 atom stereocenters. The Morgan fingerprint density at radius 1 is 1.48 bits per heavy atom. The smallest absolute Gasteiger partial charge is 0.355 e. The van der Waals surface area contributed by atoms with Crippen LogP contribution in [-0.4, -0.2) is 61.6 Å². The summed E-state index contributed by atoms with van der Waals surface area (Å²) in [5.41, 5.74) is -0.125. The highest BCUT2D eigenvalue weighted by molar-refractivity contribution is 9.10. The van der Waals surface area contributed by atoms with Gasteiger partial charge in [0.25, 0.3) is 5.91 Å². The number of β-lactam (4-membered cyclic amide) rings is 1. The number of hydrogen-bond donors (Lipinski definition) is 1. The molecule has 2 heterocycles. The zero-order valence-electron chi connectivity index (χ0n) is 14.8. The molecule has 1 N–H and O–H groups in total. The van der Waals surface area contributed by atoms with Gasteiger partial charge in [0, 0.05) is 18.2 Å². The minimum Gasteiger partial charge on any atom is -0.461 e. The minimum atomic E-state index is -1.14. The maximum absolute atomic E-state index is 12.7. The number of esters is 2. The number of aliphatic hydroxyl groups is 1. The number of aliphatic hydroxyl groups excluding tert-OH is 1. The van der Waals surface area contributed by atoms with E-state index in [4.69, 9.17) is 9.47 Å². The van der Waals surface area contributed by atoms with Gasteiger partial charge in [0.15, 0.2) is 4.32 Å². The van der Waals surface area contributed by atoms with Crippen molar-refractivity contribution in [3.63, 3.8) is 0 Å². The Balaban J connectivity index is 2.39. The predicted molar refractivity (Wildman–Crippen MR) is 95.9 cm³/mol. The summed E-state index contributed by atoms with van der Waals surface area (Å²) in [5.74, 6) is -1.15. The maximum Gasteiger partial charge on any atom is 0.355 e. The fourth-order valence-corrected chi connectivity index (χ4v) is 4.87. The lowest BCUT2D eigenvalue weighted by Crippen LogP contribution is -2.74. The number of halogens is 1. The van der Waals surface area contributed by atoms with Gasteiger partial charge >= 0.3 is 11.9 Å². The van der Waals surface area contributed by atoms with Gasteiger partial charge < -0.3 is 14.6 Å². The van der Waals surface area contributed by atoms with Gasteiger partial charge in [-0.3, -0.25) is 14.5 Å². The molecular weight excluding hydrogens is 414 g/mol. The van der Waals surface area contributed by atoms with Crippen LogP contribution in [0.3, 0.4) is 0 Å². The van der Waals surface area contributed by atoms with Gasteiger partial charge in [-0.2, -0.15) is 0 Å². The van der Waals surface area contributed by atoms with E-state index in [0.29, 0.717) is 11.3 Å². The summed E-state index contributed by atoms with van der Waals surface area (Å²) in [4.78, 5) is 37.8. The number of fused-ring (bicyclic) bond motifs is 1. The third-order valence-corrected chi connectivity index (χ3v) is 6.93. The number of amides is 1. The molecule has 0 aliphatic carbocycles. The average molecular weight is 436 g/mol. The van der Waals surface area contributed by atoms with Crippen molar-refractivity contribution in [3.8, 4) is 0 Å². The molecule has 2 unspecified atom stereocenters. The Morgan fingerprint density at radius 2 is 2.08 bits per heavy atom. The monoisotopic (exact) mass is 435 g/mol. The number of rotatable bonds is 4. The molecule has 0 saturated carbocycles. The molecule has 140 valence electrons. The number of carbonyl (C=O) groups is 3. The van der Waals surface area contributed by atoms with Gasteiger partial charge in [0.2, 0.25) is 0 Å². The molecule has 9 heteroatoms. The highest BCUT2D eigenvalue weighted by Gasteiger charge is 2.65. The van der Waals surface area contributed by atoms with Crippen LogP contribution in [-0.2, 0) is 23.9 Å². The number of carbonyl (C=O) groups excluding carboxylic acids is 3. The normalized spacial score (nSPS) is 27.4. The van der Waals surface area contributed by atoms with E-state index in [2.05, 4.69) is 15.9 Å². The topological polar surface area (TPSA) is 93.1 Å². The molecule has 0 spiro atoms. The first-order chi connectivity index (χ1) is 11.4. The Kier molecular flexibility index (Phi) is 5.61. The molecule has 0 aromatic heterocycles. The maximum atomic E-state index is 12.7. The van der Waals surface area contributed by atoms with Gasteiger partial charge in [-0.1, -0.05) is 15.9 Å². The summed E-state index contributed by atoms with van der Waals surface area (Å²) in [6.45, 7) is 7.91. The van der Waals surface area contributed by atoms with Crippen molar-refractivity contribution in [1.29, 1.82) is 0 Å². The van der Waals surface area contributed by atoms with E-state index >= 15 is 0 Å². The summed E-state index contributed by atoms with van der Waals surface area (Å²) in [7, 11) is 0. The van der Waals surface area contributed by atoms with Crippen molar-refractivity contribution < 1.29 is 29.0 Å². The molecule has 0 aromatic carbocycles. The average Bonchev–Trinajstić information content (AvgIpc) is 2.48. The van der Waals surface area contributed by atoms with Crippen LogP contribution in [0.5, 0.6) is 0 Å². The molecule has 0 radical (unpaired) electrons. The highest BCUT2D eigenvalue weighted by atomic mass is 79.9. The first-order valence-corrected chi connectivity index (χ1v) is 9.64. The second kappa shape index (κ2) is 6.92. The van der Waals surface area contributed by atoms with E-state index in [1.165, 1.54) is 30.5 Å². The van der Waals surface area contributed by atoms with Gasteiger partial charge in [0.05, 0.1) is 6.10 Å². The van der Waals surface area contributed by atoms with Crippen molar-refractivity contribution in [1.82, 2.24) is 4.90 Å².